The van der Waals surface area contributed by atoms with Gasteiger partial charge in [0.05, 0.1) is 0 Å². The maximum Gasteiger partial charge on any atom is 0.159 e. The predicted octanol–water partition coefficient (Wildman–Crippen LogP) is 2.39. The number of hydrogen-bond acceptors (Lipinski definition) is 3. The highest BCUT2D eigenvalue weighted by atomic mass is 19.1. The van der Waals surface area contributed by atoms with Crippen LogP contribution in [-0.4, -0.2) is 19.9 Å². The van der Waals surface area contributed by atoms with Crippen LogP contribution in [0.3, 0.4) is 0 Å². The summed E-state index contributed by atoms with van der Waals surface area (Å²) in [5.41, 5.74) is 0.00159. The molecule has 0 aliphatic carbocycles. The van der Waals surface area contributed by atoms with Gasteiger partial charge in [-0.15, -0.1) is 10.2 Å². The molecular formula is C14H17F2N3O. The van der Waals surface area contributed by atoms with Crippen molar-refractivity contribution in [3.63, 3.8) is 0 Å². The minimum absolute atomic E-state index is 0.191. The van der Waals surface area contributed by atoms with E-state index in [0.29, 0.717) is 17.2 Å². The summed E-state index contributed by atoms with van der Waals surface area (Å²) in [4.78, 5) is 0. The van der Waals surface area contributed by atoms with Crippen molar-refractivity contribution in [3.05, 3.63) is 47.0 Å². The molecule has 1 aromatic heterocycles. The van der Waals surface area contributed by atoms with Gasteiger partial charge in [-0.1, -0.05) is 6.07 Å². The monoisotopic (exact) mass is 281 g/mol. The van der Waals surface area contributed by atoms with Crippen LogP contribution in [0.2, 0.25) is 0 Å². The van der Waals surface area contributed by atoms with E-state index in [9.17, 15) is 13.9 Å². The van der Waals surface area contributed by atoms with Gasteiger partial charge < -0.3 is 9.67 Å². The molecule has 1 N–H and O–H groups in total. The number of benzene rings is 1. The van der Waals surface area contributed by atoms with Gasteiger partial charge in [0.2, 0.25) is 0 Å². The van der Waals surface area contributed by atoms with Crippen molar-refractivity contribution in [2.75, 3.05) is 0 Å². The Kier molecular flexibility index (Phi) is 3.85. The SMILES string of the molecule is CC(C)(C)n1c(CO)nnc1Cc1ccc(F)cc1F. The van der Waals surface area contributed by atoms with Crippen LogP contribution in [0.1, 0.15) is 38.0 Å². The molecule has 0 unspecified atom stereocenters. The summed E-state index contributed by atoms with van der Waals surface area (Å²) in [6.07, 6.45) is 0.191. The number of halogens is 2. The highest BCUT2D eigenvalue weighted by Crippen LogP contribution is 2.21. The summed E-state index contributed by atoms with van der Waals surface area (Å²) < 4.78 is 28.4. The smallest absolute Gasteiger partial charge is 0.159 e. The fourth-order valence-electron chi connectivity index (χ4n) is 2.18. The summed E-state index contributed by atoms with van der Waals surface area (Å²) in [6.45, 7) is 5.59. The molecule has 20 heavy (non-hydrogen) atoms. The number of aliphatic hydroxyl groups is 1. The Labute approximate surface area is 116 Å². The molecule has 1 aromatic carbocycles. The van der Waals surface area contributed by atoms with Crippen LogP contribution in [0, 0.1) is 11.6 Å². The van der Waals surface area contributed by atoms with Crippen LogP contribution < -0.4 is 0 Å². The molecule has 2 rings (SSSR count). The minimum Gasteiger partial charge on any atom is -0.388 e. The topological polar surface area (TPSA) is 50.9 Å². The zero-order chi connectivity index (χ0) is 14.9. The summed E-state index contributed by atoms with van der Waals surface area (Å²) >= 11 is 0. The second-order valence-electron chi connectivity index (χ2n) is 5.61. The Morgan fingerprint density at radius 2 is 1.80 bits per heavy atom. The van der Waals surface area contributed by atoms with Gasteiger partial charge in [0, 0.05) is 18.0 Å². The number of aliphatic hydroxyl groups excluding tert-OH is 1. The summed E-state index contributed by atoms with van der Waals surface area (Å²) in [5.74, 6) is -0.263. The van der Waals surface area contributed by atoms with Gasteiger partial charge in [-0.3, -0.25) is 0 Å². The van der Waals surface area contributed by atoms with Gasteiger partial charge in [-0.05, 0) is 32.4 Å². The van der Waals surface area contributed by atoms with Crippen molar-refractivity contribution < 1.29 is 13.9 Å². The molecular weight excluding hydrogens is 264 g/mol. The fraction of sp³-hybridized carbons (Fsp3) is 0.429. The van der Waals surface area contributed by atoms with Crippen molar-refractivity contribution in [2.24, 2.45) is 0 Å². The molecule has 0 saturated heterocycles. The first-order valence-corrected chi connectivity index (χ1v) is 6.31. The third kappa shape index (κ3) is 2.85. The summed E-state index contributed by atoms with van der Waals surface area (Å²) in [6, 6.07) is 3.45. The molecule has 0 aliphatic rings. The Balaban J connectivity index is 2.41. The molecule has 4 nitrogen and oxygen atoms in total. The van der Waals surface area contributed by atoms with E-state index < -0.39 is 11.6 Å². The average molecular weight is 281 g/mol. The molecule has 1 heterocycles. The van der Waals surface area contributed by atoms with E-state index in [1.165, 1.54) is 12.1 Å². The van der Waals surface area contributed by atoms with Crippen LogP contribution in [-0.2, 0) is 18.6 Å². The highest BCUT2D eigenvalue weighted by Gasteiger charge is 2.23. The second-order valence-corrected chi connectivity index (χ2v) is 5.61. The molecule has 0 amide bonds. The van der Waals surface area contributed by atoms with Gasteiger partial charge in [0.1, 0.15) is 24.1 Å². The summed E-state index contributed by atoms with van der Waals surface area (Å²) in [5, 5.41) is 17.2. The van der Waals surface area contributed by atoms with Gasteiger partial charge in [0.25, 0.3) is 0 Å². The number of aromatic nitrogens is 3. The zero-order valence-electron chi connectivity index (χ0n) is 11.7. The molecule has 108 valence electrons. The molecule has 0 radical (unpaired) electrons. The third-order valence-electron chi connectivity index (χ3n) is 2.97. The van der Waals surface area contributed by atoms with Crippen LogP contribution in [0.15, 0.2) is 18.2 Å². The maximum absolute atomic E-state index is 13.7. The molecule has 2 aromatic rings. The lowest BCUT2D eigenvalue weighted by Crippen LogP contribution is -2.26. The second kappa shape index (κ2) is 5.28. The van der Waals surface area contributed by atoms with Crippen LogP contribution in [0.5, 0.6) is 0 Å². The number of hydrogen-bond donors (Lipinski definition) is 1. The number of rotatable bonds is 3. The Bertz CT molecular complexity index is 617. The molecule has 6 heteroatoms. The Morgan fingerprint density at radius 3 is 2.35 bits per heavy atom. The molecule has 0 atom stereocenters. The first kappa shape index (κ1) is 14.6. The van der Waals surface area contributed by atoms with Crippen molar-refractivity contribution in [1.29, 1.82) is 0 Å². The van der Waals surface area contributed by atoms with Crippen LogP contribution in [0.4, 0.5) is 8.78 Å². The Hall–Kier alpha value is -1.82. The van der Waals surface area contributed by atoms with E-state index in [4.69, 9.17) is 0 Å². The molecule has 0 bridgehead atoms. The van der Waals surface area contributed by atoms with Gasteiger partial charge in [-0.25, -0.2) is 8.78 Å². The predicted molar refractivity (Wildman–Crippen MR) is 70.1 cm³/mol. The molecule has 0 spiro atoms. The number of nitrogens with zero attached hydrogens (tertiary/aromatic N) is 3. The van der Waals surface area contributed by atoms with Crippen molar-refractivity contribution in [1.82, 2.24) is 14.8 Å². The molecule has 0 aliphatic heterocycles. The zero-order valence-corrected chi connectivity index (χ0v) is 11.7. The quantitative estimate of drug-likeness (QED) is 0.940. The van der Waals surface area contributed by atoms with E-state index >= 15 is 0 Å². The minimum atomic E-state index is -0.612. The fourth-order valence-corrected chi connectivity index (χ4v) is 2.18. The maximum atomic E-state index is 13.7. The van der Waals surface area contributed by atoms with Crippen molar-refractivity contribution in [3.8, 4) is 0 Å². The lowest BCUT2D eigenvalue weighted by molar-refractivity contribution is 0.248. The van der Waals surface area contributed by atoms with E-state index in [0.717, 1.165) is 6.07 Å². The van der Waals surface area contributed by atoms with Gasteiger partial charge >= 0.3 is 0 Å². The largest absolute Gasteiger partial charge is 0.388 e. The van der Waals surface area contributed by atoms with E-state index in [2.05, 4.69) is 10.2 Å². The van der Waals surface area contributed by atoms with E-state index in [-0.39, 0.29) is 18.6 Å². The Morgan fingerprint density at radius 1 is 1.15 bits per heavy atom. The van der Waals surface area contributed by atoms with Crippen LogP contribution >= 0.6 is 0 Å². The first-order chi connectivity index (χ1) is 9.32. The average Bonchev–Trinajstić information content (AvgIpc) is 2.75. The molecule has 0 saturated carbocycles. The summed E-state index contributed by atoms with van der Waals surface area (Å²) in [7, 11) is 0. The standard InChI is InChI=1S/C14H17F2N3O/c1-14(2,3)19-12(17-18-13(19)8-20)6-9-4-5-10(15)7-11(9)16/h4-5,7,20H,6,8H2,1-3H3. The van der Waals surface area contributed by atoms with Crippen molar-refractivity contribution in [2.45, 2.75) is 39.3 Å². The normalized spacial score (nSPS) is 11.9. The van der Waals surface area contributed by atoms with Gasteiger partial charge in [0.15, 0.2) is 5.82 Å². The van der Waals surface area contributed by atoms with Gasteiger partial charge in [-0.2, -0.15) is 0 Å². The van der Waals surface area contributed by atoms with E-state index in [1.807, 2.05) is 20.8 Å². The highest BCUT2D eigenvalue weighted by molar-refractivity contribution is 5.22. The van der Waals surface area contributed by atoms with E-state index in [1.54, 1.807) is 4.57 Å². The lowest BCUT2D eigenvalue weighted by atomic mass is 10.1. The first-order valence-electron chi connectivity index (χ1n) is 6.31. The van der Waals surface area contributed by atoms with Crippen molar-refractivity contribution >= 4 is 0 Å². The van der Waals surface area contributed by atoms with Crippen LogP contribution in [0.25, 0.3) is 0 Å². The molecule has 0 fully saturated rings. The third-order valence-corrected chi connectivity index (χ3v) is 2.97. The lowest BCUT2D eigenvalue weighted by Gasteiger charge is -2.24.